The number of hydrogen-bond acceptors (Lipinski definition) is 4. The van der Waals surface area contributed by atoms with E-state index in [-0.39, 0.29) is 10.8 Å². The van der Waals surface area contributed by atoms with Gasteiger partial charge in [0.15, 0.2) is 0 Å². The van der Waals surface area contributed by atoms with E-state index in [1.807, 2.05) is 13.8 Å². The summed E-state index contributed by atoms with van der Waals surface area (Å²) in [6, 6.07) is 5.29. The SMILES string of the molecule is CCC(C)[C@H](NS(=O)(=O)c1ccc(C)cc1)C(=O)NO. The van der Waals surface area contributed by atoms with E-state index < -0.39 is 22.0 Å². The Bertz CT molecular complexity index is 554. The monoisotopic (exact) mass is 300 g/mol. The Morgan fingerprint density at radius 1 is 1.30 bits per heavy atom. The molecule has 20 heavy (non-hydrogen) atoms. The maximum absolute atomic E-state index is 12.2. The molecule has 0 aromatic heterocycles. The van der Waals surface area contributed by atoms with Gasteiger partial charge in [0.05, 0.1) is 4.90 Å². The van der Waals surface area contributed by atoms with Crippen LogP contribution in [0.4, 0.5) is 0 Å². The van der Waals surface area contributed by atoms with E-state index in [0.29, 0.717) is 6.42 Å². The molecule has 1 aromatic rings. The van der Waals surface area contributed by atoms with Crippen LogP contribution in [0.3, 0.4) is 0 Å². The van der Waals surface area contributed by atoms with Gasteiger partial charge in [-0.25, -0.2) is 13.9 Å². The Labute approximate surface area is 119 Å². The zero-order valence-electron chi connectivity index (χ0n) is 11.8. The highest BCUT2D eigenvalue weighted by Crippen LogP contribution is 2.14. The fourth-order valence-corrected chi connectivity index (χ4v) is 2.99. The van der Waals surface area contributed by atoms with Gasteiger partial charge >= 0.3 is 0 Å². The standard InChI is InChI=1S/C13H20N2O4S/c1-4-10(3)12(13(16)14-17)15-20(18,19)11-7-5-9(2)6-8-11/h5-8,10,12,15,17H,4H2,1-3H3,(H,14,16)/t10?,12-/m0/s1. The van der Waals surface area contributed by atoms with Gasteiger partial charge in [0.25, 0.3) is 5.91 Å². The number of carbonyl (C=O) groups excluding carboxylic acids is 1. The topological polar surface area (TPSA) is 95.5 Å². The first-order valence-corrected chi connectivity index (χ1v) is 7.83. The molecule has 0 aliphatic rings. The molecule has 0 aliphatic carbocycles. The highest BCUT2D eigenvalue weighted by atomic mass is 32.2. The van der Waals surface area contributed by atoms with Gasteiger partial charge in [0, 0.05) is 0 Å². The Morgan fingerprint density at radius 2 is 1.85 bits per heavy atom. The van der Waals surface area contributed by atoms with Crippen molar-refractivity contribution in [3.05, 3.63) is 29.8 Å². The van der Waals surface area contributed by atoms with Crippen molar-refractivity contribution in [2.24, 2.45) is 5.92 Å². The lowest BCUT2D eigenvalue weighted by Crippen LogP contribution is -2.49. The van der Waals surface area contributed by atoms with Crippen LogP contribution >= 0.6 is 0 Å². The molecule has 7 heteroatoms. The average Bonchev–Trinajstić information content (AvgIpc) is 2.43. The molecule has 112 valence electrons. The van der Waals surface area contributed by atoms with Crippen LogP contribution in [0.5, 0.6) is 0 Å². The van der Waals surface area contributed by atoms with E-state index in [2.05, 4.69) is 4.72 Å². The lowest BCUT2D eigenvalue weighted by Gasteiger charge is -2.22. The molecular formula is C13H20N2O4S. The third kappa shape index (κ3) is 4.03. The molecule has 1 unspecified atom stereocenters. The van der Waals surface area contributed by atoms with Crippen LogP contribution in [0.2, 0.25) is 0 Å². The minimum absolute atomic E-state index is 0.0853. The second-order valence-corrected chi connectivity index (χ2v) is 6.49. The lowest BCUT2D eigenvalue weighted by molar-refractivity contribution is -0.132. The molecule has 0 fully saturated rings. The summed E-state index contributed by atoms with van der Waals surface area (Å²) in [5.74, 6) is -1.02. The predicted octanol–water partition coefficient (Wildman–Crippen LogP) is 1.19. The summed E-state index contributed by atoms with van der Waals surface area (Å²) < 4.78 is 26.8. The highest BCUT2D eigenvalue weighted by molar-refractivity contribution is 7.89. The number of nitrogens with one attached hydrogen (secondary N) is 2. The first kappa shape index (κ1) is 16.6. The second-order valence-electron chi connectivity index (χ2n) is 4.77. The first-order chi connectivity index (χ1) is 9.31. The van der Waals surface area contributed by atoms with Crippen LogP contribution in [0.15, 0.2) is 29.2 Å². The van der Waals surface area contributed by atoms with Crippen molar-refractivity contribution in [3.63, 3.8) is 0 Å². The van der Waals surface area contributed by atoms with Crippen molar-refractivity contribution in [3.8, 4) is 0 Å². The molecule has 2 atom stereocenters. The number of benzene rings is 1. The Kier molecular flexibility index (Phi) is 5.67. The zero-order chi connectivity index (χ0) is 15.3. The van der Waals surface area contributed by atoms with Crippen molar-refractivity contribution in [2.45, 2.75) is 38.1 Å². The van der Waals surface area contributed by atoms with E-state index in [0.717, 1.165) is 5.56 Å². The maximum Gasteiger partial charge on any atom is 0.261 e. The third-order valence-corrected chi connectivity index (χ3v) is 4.68. The summed E-state index contributed by atoms with van der Waals surface area (Å²) in [5, 5.41) is 8.72. The Hall–Kier alpha value is -1.44. The molecule has 0 bridgehead atoms. The van der Waals surface area contributed by atoms with Gasteiger partial charge < -0.3 is 0 Å². The zero-order valence-corrected chi connectivity index (χ0v) is 12.6. The van der Waals surface area contributed by atoms with Gasteiger partial charge in [-0.05, 0) is 25.0 Å². The summed E-state index contributed by atoms with van der Waals surface area (Å²) in [6.07, 6.45) is 0.592. The molecule has 1 aromatic carbocycles. The molecule has 0 radical (unpaired) electrons. The Balaban J connectivity index is 3.02. The van der Waals surface area contributed by atoms with Crippen LogP contribution < -0.4 is 10.2 Å². The fraction of sp³-hybridized carbons (Fsp3) is 0.462. The van der Waals surface area contributed by atoms with Crippen molar-refractivity contribution in [1.29, 1.82) is 0 Å². The van der Waals surface area contributed by atoms with Gasteiger partial charge in [-0.2, -0.15) is 4.72 Å². The van der Waals surface area contributed by atoms with Crippen LogP contribution in [0, 0.1) is 12.8 Å². The summed E-state index contributed by atoms with van der Waals surface area (Å²) in [5.41, 5.74) is 2.44. The fourth-order valence-electron chi connectivity index (χ4n) is 1.69. The first-order valence-electron chi connectivity index (χ1n) is 6.34. The summed E-state index contributed by atoms with van der Waals surface area (Å²) in [7, 11) is -3.81. The molecule has 0 saturated heterocycles. The quantitative estimate of drug-likeness (QED) is 0.543. The number of hydrogen-bond donors (Lipinski definition) is 3. The number of hydroxylamine groups is 1. The number of aryl methyl sites for hydroxylation is 1. The van der Waals surface area contributed by atoms with Crippen molar-refractivity contribution >= 4 is 15.9 Å². The van der Waals surface area contributed by atoms with Crippen molar-refractivity contribution in [1.82, 2.24) is 10.2 Å². The van der Waals surface area contributed by atoms with Crippen LogP contribution in [-0.4, -0.2) is 25.6 Å². The van der Waals surface area contributed by atoms with E-state index in [4.69, 9.17) is 5.21 Å². The molecule has 1 amide bonds. The summed E-state index contributed by atoms with van der Waals surface area (Å²) in [6.45, 7) is 5.42. The van der Waals surface area contributed by atoms with E-state index in [9.17, 15) is 13.2 Å². The van der Waals surface area contributed by atoms with Gasteiger partial charge in [0.2, 0.25) is 10.0 Å². The highest BCUT2D eigenvalue weighted by Gasteiger charge is 2.29. The third-order valence-electron chi connectivity index (χ3n) is 3.22. The van der Waals surface area contributed by atoms with Gasteiger partial charge in [-0.3, -0.25) is 10.0 Å². The van der Waals surface area contributed by atoms with Crippen molar-refractivity contribution in [2.75, 3.05) is 0 Å². The van der Waals surface area contributed by atoms with Gasteiger partial charge in [-0.1, -0.05) is 38.0 Å². The normalized spacial score (nSPS) is 14.6. The predicted molar refractivity (Wildman–Crippen MR) is 74.7 cm³/mol. The molecule has 0 spiro atoms. The number of rotatable bonds is 6. The van der Waals surface area contributed by atoms with Crippen LogP contribution in [0.1, 0.15) is 25.8 Å². The van der Waals surface area contributed by atoms with Gasteiger partial charge in [-0.15, -0.1) is 0 Å². The largest absolute Gasteiger partial charge is 0.289 e. The molecule has 3 N–H and O–H groups in total. The second kappa shape index (κ2) is 6.83. The molecule has 1 rings (SSSR count). The Morgan fingerprint density at radius 3 is 2.30 bits per heavy atom. The minimum Gasteiger partial charge on any atom is -0.289 e. The number of carbonyl (C=O) groups is 1. The maximum atomic E-state index is 12.2. The molecule has 0 heterocycles. The molecule has 0 aliphatic heterocycles. The lowest BCUT2D eigenvalue weighted by atomic mass is 10.00. The summed E-state index contributed by atoms with van der Waals surface area (Å²) in [4.78, 5) is 11.7. The van der Waals surface area contributed by atoms with E-state index in [1.165, 1.54) is 17.6 Å². The molecule has 6 nitrogen and oxygen atoms in total. The smallest absolute Gasteiger partial charge is 0.261 e. The van der Waals surface area contributed by atoms with E-state index in [1.54, 1.807) is 19.1 Å². The number of amides is 1. The minimum atomic E-state index is -3.81. The van der Waals surface area contributed by atoms with E-state index >= 15 is 0 Å². The van der Waals surface area contributed by atoms with Crippen molar-refractivity contribution < 1.29 is 18.4 Å². The summed E-state index contributed by atoms with van der Waals surface area (Å²) >= 11 is 0. The molecular weight excluding hydrogens is 280 g/mol. The van der Waals surface area contributed by atoms with Crippen LogP contribution in [-0.2, 0) is 14.8 Å². The average molecular weight is 300 g/mol. The van der Waals surface area contributed by atoms with Crippen LogP contribution in [0.25, 0.3) is 0 Å². The number of sulfonamides is 1. The van der Waals surface area contributed by atoms with Gasteiger partial charge in [0.1, 0.15) is 6.04 Å². The molecule has 0 saturated carbocycles.